The van der Waals surface area contributed by atoms with Crippen molar-refractivity contribution in [3.05, 3.63) is 0 Å². The number of hydrogen-bond donors (Lipinski definition) is 2. The molecule has 0 radical (unpaired) electrons. The van der Waals surface area contributed by atoms with Gasteiger partial charge in [0, 0.05) is 12.1 Å². The average Bonchev–Trinajstić information content (AvgIpc) is 2.34. The molecule has 0 bridgehead atoms. The topological polar surface area (TPSA) is 41.5 Å². The summed E-state index contributed by atoms with van der Waals surface area (Å²) in [4.78, 5) is 0. The summed E-state index contributed by atoms with van der Waals surface area (Å²) < 4.78 is 5.82. The second-order valence-corrected chi connectivity index (χ2v) is 4.95. The Morgan fingerprint density at radius 3 is 2.81 bits per heavy atom. The lowest BCUT2D eigenvalue weighted by Crippen LogP contribution is -2.53. The van der Waals surface area contributed by atoms with Crippen LogP contribution in [0.25, 0.3) is 0 Å². The Morgan fingerprint density at radius 1 is 1.38 bits per heavy atom. The van der Waals surface area contributed by atoms with E-state index < -0.39 is 0 Å². The molecule has 0 aromatic carbocycles. The molecule has 0 amide bonds. The predicted octanol–water partition coefficient (Wildman–Crippen LogP) is 2.09. The molecule has 2 atom stereocenters. The van der Waals surface area contributed by atoms with Crippen molar-refractivity contribution in [1.82, 2.24) is 5.32 Å². The van der Waals surface area contributed by atoms with Gasteiger partial charge in [-0.3, -0.25) is 0 Å². The molecule has 2 unspecified atom stereocenters. The molecule has 0 aromatic rings. The molecule has 1 aliphatic carbocycles. The van der Waals surface area contributed by atoms with Crippen LogP contribution in [0.1, 0.15) is 52.4 Å². The van der Waals surface area contributed by atoms with Crippen LogP contribution >= 0.6 is 0 Å². The van der Waals surface area contributed by atoms with Crippen LogP contribution in [0.15, 0.2) is 0 Å². The Kier molecular flexibility index (Phi) is 6.32. The molecule has 16 heavy (non-hydrogen) atoms. The zero-order valence-electron chi connectivity index (χ0n) is 10.8. The summed E-state index contributed by atoms with van der Waals surface area (Å²) in [6, 6.07) is 0. The maximum absolute atomic E-state index is 9.59. The normalized spacial score (nSPS) is 30.6. The Balaban J connectivity index is 2.43. The zero-order valence-corrected chi connectivity index (χ0v) is 10.8. The lowest BCUT2D eigenvalue weighted by Gasteiger charge is -2.40. The number of nitrogens with one attached hydrogen (secondary N) is 1. The largest absolute Gasteiger partial charge is 0.394 e. The van der Waals surface area contributed by atoms with Crippen LogP contribution in [0, 0.1) is 0 Å². The smallest absolute Gasteiger partial charge is 0.0614 e. The van der Waals surface area contributed by atoms with Gasteiger partial charge in [0.05, 0.1) is 12.7 Å². The van der Waals surface area contributed by atoms with Crippen molar-refractivity contribution in [2.45, 2.75) is 64.0 Å². The van der Waals surface area contributed by atoms with E-state index in [0.29, 0.717) is 6.10 Å². The van der Waals surface area contributed by atoms with Crippen LogP contribution in [0.5, 0.6) is 0 Å². The summed E-state index contributed by atoms with van der Waals surface area (Å²) >= 11 is 0. The molecule has 1 rings (SSSR count). The highest BCUT2D eigenvalue weighted by Gasteiger charge is 2.35. The summed E-state index contributed by atoms with van der Waals surface area (Å²) in [6.07, 6.45) is 6.87. The van der Waals surface area contributed by atoms with E-state index in [2.05, 4.69) is 19.2 Å². The van der Waals surface area contributed by atoms with E-state index in [9.17, 15) is 5.11 Å². The summed E-state index contributed by atoms with van der Waals surface area (Å²) in [6.45, 7) is 6.36. The van der Waals surface area contributed by atoms with Crippen LogP contribution in [-0.2, 0) is 4.74 Å². The van der Waals surface area contributed by atoms with Crippen LogP contribution in [0.3, 0.4) is 0 Å². The van der Waals surface area contributed by atoms with Crippen LogP contribution in [0.2, 0.25) is 0 Å². The maximum atomic E-state index is 9.59. The van der Waals surface area contributed by atoms with E-state index in [1.807, 2.05) is 0 Å². The Hall–Kier alpha value is -0.120. The molecular formula is C13H27NO2. The van der Waals surface area contributed by atoms with Crippen molar-refractivity contribution in [3.8, 4) is 0 Å². The number of hydrogen-bond acceptors (Lipinski definition) is 3. The third-order valence-corrected chi connectivity index (χ3v) is 3.41. The zero-order chi connectivity index (χ0) is 11.9. The van der Waals surface area contributed by atoms with Gasteiger partial charge in [-0.15, -0.1) is 0 Å². The number of ether oxygens (including phenoxy) is 1. The molecule has 1 aliphatic rings. The second-order valence-electron chi connectivity index (χ2n) is 4.95. The van der Waals surface area contributed by atoms with Crippen LogP contribution < -0.4 is 5.32 Å². The van der Waals surface area contributed by atoms with Crippen LogP contribution in [-0.4, -0.2) is 36.5 Å². The minimum absolute atomic E-state index is 0.0767. The van der Waals surface area contributed by atoms with E-state index in [0.717, 1.165) is 51.7 Å². The van der Waals surface area contributed by atoms with Crippen LogP contribution in [0.4, 0.5) is 0 Å². The Morgan fingerprint density at radius 2 is 2.19 bits per heavy atom. The third-order valence-electron chi connectivity index (χ3n) is 3.41. The molecular weight excluding hydrogens is 202 g/mol. The van der Waals surface area contributed by atoms with Crippen molar-refractivity contribution < 1.29 is 9.84 Å². The second kappa shape index (κ2) is 7.25. The molecule has 3 nitrogen and oxygen atoms in total. The fourth-order valence-electron chi connectivity index (χ4n) is 2.49. The predicted molar refractivity (Wildman–Crippen MR) is 66.6 cm³/mol. The highest BCUT2D eigenvalue weighted by Crippen LogP contribution is 2.30. The summed E-state index contributed by atoms with van der Waals surface area (Å²) in [5.74, 6) is 0. The molecule has 0 aliphatic heterocycles. The average molecular weight is 229 g/mol. The van der Waals surface area contributed by atoms with Crippen molar-refractivity contribution in [3.63, 3.8) is 0 Å². The number of aliphatic hydroxyl groups is 1. The molecule has 2 N–H and O–H groups in total. The van der Waals surface area contributed by atoms with Gasteiger partial charge in [0.2, 0.25) is 0 Å². The maximum Gasteiger partial charge on any atom is 0.0614 e. The standard InChI is InChI=1S/C13H27NO2/c1-3-8-14-13(11-15)7-5-6-12(10-13)16-9-4-2/h12,14-15H,3-11H2,1-2H3. The minimum atomic E-state index is -0.0767. The first-order valence-electron chi connectivity index (χ1n) is 6.74. The molecule has 3 heteroatoms. The Labute approximate surface area is 99.6 Å². The molecule has 0 aromatic heterocycles. The summed E-state index contributed by atoms with van der Waals surface area (Å²) in [5, 5.41) is 13.1. The van der Waals surface area contributed by atoms with Crippen molar-refractivity contribution in [2.75, 3.05) is 19.8 Å². The van der Waals surface area contributed by atoms with E-state index in [4.69, 9.17) is 4.74 Å². The SMILES string of the molecule is CCCNC1(CO)CCCC(OCCC)C1. The fourth-order valence-corrected chi connectivity index (χ4v) is 2.49. The fraction of sp³-hybridized carbons (Fsp3) is 1.00. The minimum Gasteiger partial charge on any atom is -0.394 e. The molecule has 0 saturated heterocycles. The molecule has 0 spiro atoms. The van der Waals surface area contributed by atoms with Gasteiger partial charge < -0.3 is 15.2 Å². The van der Waals surface area contributed by atoms with Gasteiger partial charge in [-0.05, 0) is 45.1 Å². The summed E-state index contributed by atoms with van der Waals surface area (Å²) in [7, 11) is 0. The van der Waals surface area contributed by atoms with Crippen molar-refractivity contribution in [1.29, 1.82) is 0 Å². The quantitative estimate of drug-likeness (QED) is 0.702. The Bertz CT molecular complexity index is 187. The first-order chi connectivity index (χ1) is 7.76. The van der Waals surface area contributed by atoms with Crippen molar-refractivity contribution in [2.24, 2.45) is 0 Å². The number of rotatable bonds is 7. The van der Waals surface area contributed by atoms with Gasteiger partial charge in [0.1, 0.15) is 0 Å². The molecule has 1 saturated carbocycles. The van der Waals surface area contributed by atoms with Gasteiger partial charge in [0.25, 0.3) is 0 Å². The lowest BCUT2D eigenvalue weighted by molar-refractivity contribution is -0.0153. The highest BCUT2D eigenvalue weighted by atomic mass is 16.5. The van der Waals surface area contributed by atoms with Crippen molar-refractivity contribution >= 4 is 0 Å². The van der Waals surface area contributed by atoms with E-state index in [1.54, 1.807) is 0 Å². The molecule has 0 heterocycles. The molecule has 1 fully saturated rings. The van der Waals surface area contributed by atoms with E-state index in [1.165, 1.54) is 0 Å². The third kappa shape index (κ3) is 4.04. The van der Waals surface area contributed by atoms with E-state index in [-0.39, 0.29) is 12.1 Å². The van der Waals surface area contributed by atoms with Gasteiger partial charge in [-0.2, -0.15) is 0 Å². The van der Waals surface area contributed by atoms with E-state index >= 15 is 0 Å². The monoisotopic (exact) mass is 229 g/mol. The highest BCUT2D eigenvalue weighted by molar-refractivity contribution is 4.93. The molecule has 96 valence electrons. The number of aliphatic hydroxyl groups excluding tert-OH is 1. The van der Waals surface area contributed by atoms with Gasteiger partial charge >= 0.3 is 0 Å². The first-order valence-corrected chi connectivity index (χ1v) is 6.74. The van der Waals surface area contributed by atoms with Gasteiger partial charge in [0.15, 0.2) is 0 Å². The first kappa shape index (κ1) is 13.9. The van der Waals surface area contributed by atoms with Gasteiger partial charge in [-0.1, -0.05) is 13.8 Å². The summed E-state index contributed by atoms with van der Waals surface area (Å²) in [5.41, 5.74) is -0.0767. The van der Waals surface area contributed by atoms with Gasteiger partial charge in [-0.25, -0.2) is 0 Å². The lowest BCUT2D eigenvalue weighted by atomic mass is 9.80.